The van der Waals surface area contributed by atoms with E-state index in [4.69, 9.17) is 0 Å². The summed E-state index contributed by atoms with van der Waals surface area (Å²) in [6, 6.07) is 0.202. The molecule has 1 saturated heterocycles. The normalized spacial score (nSPS) is 16.9. The van der Waals surface area contributed by atoms with E-state index in [1.165, 1.54) is 11.3 Å². The third kappa shape index (κ3) is 3.20. The Morgan fingerprint density at radius 3 is 2.94 bits per heavy atom. The molecule has 1 atom stereocenters. The largest absolute Gasteiger partial charge is 0.324 e. The molecular formula is C12H20N4OS. The first-order valence-electron chi connectivity index (χ1n) is 6.45. The van der Waals surface area contributed by atoms with Gasteiger partial charge in [0.2, 0.25) is 0 Å². The fraction of sp³-hybridized carbons (Fsp3) is 0.667. The van der Waals surface area contributed by atoms with Crippen molar-refractivity contribution in [3.05, 3.63) is 11.1 Å². The minimum absolute atomic E-state index is 0.0236. The quantitative estimate of drug-likeness (QED) is 0.882. The van der Waals surface area contributed by atoms with E-state index in [9.17, 15) is 4.79 Å². The van der Waals surface area contributed by atoms with Crippen LogP contribution in [0.1, 0.15) is 38.4 Å². The van der Waals surface area contributed by atoms with Crippen LogP contribution in [0, 0.1) is 0 Å². The summed E-state index contributed by atoms with van der Waals surface area (Å²) in [6.45, 7) is 6.77. The van der Waals surface area contributed by atoms with Gasteiger partial charge >= 0.3 is 6.03 Å². The van der Waals surface area contributed by atoms with E-state index in [-0.39, 0.29) is 12.1 Å². The summed E-state index contributed by atoms with van der Waals surface area (Å²) in [7, 11) is 0. The predicted octanol–water partition coefficient (Wildman–Crippen LogP) is 2.44. The van der Waals surface area contributed by atoms with Gasteiger partial charge < -0.3 is 10.2 Å². The molecular weight excluding hydrogens is 248 g/mol. The van der Waals surface area contributed by atoms with Crippen molar-refractivity contribution in [1.29, 1.82) is 0 Å². The van der Waals surface area contributed by atoms with Crippen molar-refractivity contribution in [3.8, 4) is 0 Å². The third-order valence-corrected chi connectivity index (χ3v) is 3.86. The molecule has 0 bridgehead atoms. The molecule has 2 amide bonds. The molecule has 0 radical (unpaired) electrons. The number of anilines is 1. The summed E-state index contributed by atoms with van der Waals surface area (Å²) in [5.74, 6) is 0. The van der Waals surface area contributed by atoms with Crippen molar-refractivity contribution in [2.24, 2.45) is 0 Å². The Labute approximate surface area is 112 Å². The Morgan fingerprint density at radius 2 is 2.28 bits per heavy atom. The topological polar surface area (TPSA) is 57.3 Å². The van der Waals surface area contributed by atoms with Gasteiger partial charge in [-0.25, -0.2) is 9.78 Å². The van der Waals surface area contributed by atoms with Crippen molar-refractivity contribution in [1.82, 2.24) is 15.2 Å². The zero-order valence-electron chi connectivity index (χ0n) is 10.9. The molecule has 0 saturated carbocycles. The molecule has 2 N–H and O–H groups in total. The number of likely N-dealkylation sites (tertiary alicyclic amines) is 1. The molecule has 1 fully saturated rings. The van der Waals surface area contributed by atoms with Gasteiger partial charge in [0.15, 0.2) is 5.13 Å². The van der Waals surface area contributed by atoms with Gasteiger partial charge in [-0.2, -0.15) is 0 Å². The molecule has 0 aromatic carbocycles. The van der Waals surface area contributed by atoms with Gasteiger partial charge in [0, 0.05) is 24.5 Å². The standard InChI is InChI=1S/C12H20N4OS/c1-3-13-9(2)10-8-18-11(14-10)15-12(17)16-6-4-5-7-16/h8-9,13H,3-7H2,1-2H3,(H,14,15,17). The first-order valence-corrected chi connectivity index (χ1v) is 7.33. The lowest BCUT2D eigenvalue weighted by atomic mass is 10.3. The van der Waals surface area contributed by atoms with Crippen molar-refractivity contribution < 1.29 is 4.79 Å². The maximum Gasteiger partial charge on any atom is 0.323 e. The van der Waals surface area contributed by atoms with Gasteiger partial charge in [0.25, 0.3) is 0 Å². The minimum atomic E-state index is -0.0236. The van der Waals surface area contributed by atoms with Crippen LogP contribution in [0.3, 0.4) is 0 Å². The number of carbonyl (C=O) groups is 1. The summed E-state index contributed by atoms with van der Waals surface area (Å²) >= 11 is 1.48. The molecule has 1 aromatic heterocycles. The number of aromatic nitrogens is 1. The molecule has 0 aliphatic carbocycles. The molecule has 1 aliphatic heterocycles. The number of carbonyl (C=O) groups excluding carboxylic acids is 1. The Kier molecular flexibility index (Phi) is 4.54. The summed E-state index contributed by atoms with van der Waals surface area (Å²) < 4.78 is 0. The summed E-state index contributed by atoms with van der Waals surface area (Å²) in [5.41, 5.74) is 0.985. The SMILES string of the molecule is CCNC(C)c1csc(NC(=O)N2CCCC2)n1. The minimum Gasteiger partial charge on any atom is -0.324 e. The van der Waals surface area contributed by atoms with Crippen LogP contribution in [0.5, 0.6) is 0 Å². The highest BCUT2D eigenvalue weighted by molar-refractivity contribution is 7.13. The Bertz CT molecular complexity index is 401. The second kappa shape index (κ2) is 6.15. The lowest BCUT2D eigenvalue weighted by Gasteiger charge is -2.14. The van der Waals surface area contributed by atoms with Crippen molar-refractivity contribution >= 4 is 22.5 Å². The van der Waals surface area contributed by atoms with Crippen LogP contribution in [0.4, 0.5) is 9.93 Å². The second-order valence-electron chi connectivity index (χ2n) is 4.48. The molecule has 100 valence electrons. The highest BCUT2D eigenvalue weighted by Gasteiger charge is 2.19. The fourth-order valence-corrected chi connectivity index (χ4v) is 2.84. The molecule has 1 unspecified atom stereocenters. The lowest BCUT2D eigenvalue weighted by molar-refractivity contribution is 0.222. The highest BCUT2D eigenvalue weighted by Crippen LogP contribution is 2.21. The van der Waals surface area contributed by atoms with Crippen LogP contribution in [-0.2, 0) is 0 Å². The first-order chi connectivity index (χ1) is 8.70. The number of nitrogens with one attached hydrogen (secondary N) is 2. The molecule has 0 spiro atoms. The van der Waals surface area contributed by atoms with E-state index in [0.29, 0.717) is 5.13 Å². The number of nitrogens with zero attached hydrogens (tertiary/aromatic N) is 2. The van der Waals surface area contributed by atoms with Gasteiger partial charge in [-0.15, -0.1) is 11.3 Å². The number of rotatable bonds is 4. The van der Waals surface area contributed by atoms with E-state index in [0.717, 1.165) is 38.2 Å². The second-order valence-corrected chi connectivity index (χ2v) is 5.34. The molecule has 5 nitrogen and oxygen atoms in total. The Balaban J connectivity index is 1.91. The average molecular weight is 268 g/mol. The molecule has 2 rings (SSSR count). The molecule has 1 aliphatic rings. The van der Waals surface area contributed by atoms with Crippen molar-refractivity contribution in [2.45, 2.75) is 32.7 Å². The van der Waals surface area contributed by atoms with Crippen molar-refractivity contribution in [2.75, 3.05) is 25.0 Å². The molecule has 6 heteroatoms. The van der Waals surface area contributed by atoms with E-state index in [2.05, 4.69) is 29.5 Å². The zero-order chi connectivity index (χ0) is 13.0. The predicted molar refractivity (Wildman–Crippen MR) is 74.0 cm³/mol. The monoisotopic (exact) mass is 268 g/mol. The maximum absolute atomic E-state index is 11.9. The van der Waals surface area contributed by atoms with Crippen LogP contribution < -0.4 is 10.6 Å². The van der Waals surface area contributed by atoms with E-state index < -0.39 is 0 Å². The molecule has 1 aromatic rings. The summed E-state index contributed by atoms with van der Waals surface area (Å²) in [4.78, 5) is 18.2. The van der Waals surface area contributed by atoms with Gasteiger partial charge in [0.1, 0.15) is 0 Å². The van der Waals surface area contributed by atoms with Gasteiger partial charge in [-0.1, -0.05) is 6.92 Å². The molecule has 18 heavy (non-hydrogen) atoms. The van der Waals surface area contributed by atoms with Gasteiger partial charge in [-0.3, -0.25) is 5.32 Å². The van der Waals surface area contributed by atoms with Crippen LogP contribution in [0.25, 0.3) is 0 Å². The van der Waals surface area contributed by atoms with Gasteiger partial charge in [0.05, 0.1) is 5.69 Å². The average Bonchev–Trinajstić information content (AvgIpc) is 2.99. The number of urea groups is 1. The van der Waals surface area contributed by atoms with Crippen LogP contribution >= 0.6 is 11.3 Å². The zero-order valence-corrected chi connectivity index (χ0v) is 11.7. The number of amides is 2. The summed E-state index contributed by atoms with van der Waals surface area (Å²) in [5, 5.41) is 8.85. The van der Waals surface area contributed by atoms with E-state index in [1.54, 1.807) is 0 Å². The Morgan fingerprint density at radius 1 is 1.56 bits per heavy atom. The number of hydrogen-bond acceptors (Lipinski definition) is 4. The fourth-order valence-electron chi connectivity index (χ4n) is 2.04. The summed E-state index contributed by atoms with van der Waals surface area (Å²) in [6.07, 6.45) is 2.21. The Hall–Kier alpha value is -1.14. The van der Waals surface area contributed by atoms with Crippen LogP contribution in [0.15, 0.2) is 5.38 Å². The smallest absolute Gasteiger partial charge is 0.323 e. The van der Waals surface area contributed by atoms with E-state index >= 15 is 0 Å². The van der Waals surface area contributed by atoms with Crippen molar-refractivity contribution in [3.63, 3.8) is 0 Å². The van der Waals surface area contributed by atoms with Gasteiger partial charge in [-0.05, 0) is 26.3 Å². The highest BCUT2D eigenvalue weighted by atomic mass is 32.1. The van der Waals surface area contributed by atoms with Crippen LogP contribution in [0.2, 0.25) is 0 Å². The third-order valence-electron chi connectivity index (χ3n) is 3.08. The maximum atomic E-state index is 11.9. The first kappa shape index (κ1) is 13.3. The van der Waals surface area contributed by atoms with Crippen LogP contribution in [-0.4, -0.2) is 35.5 Å². The number of hydrogen-bond donors (Lipinski definition) is 2. The lowest BCUT2D eigenvalue weighted by Crippen LogP contribution is -2.32. The number of thiazole rings is 1. The molecule has 2 heterocycles. The van der Waals surface area contributed by atoms with E-state index in [1.807, 2.05) is 10.3 Å².